The van der Waals surface area contributed by atoms with Gasteiger partial charge in [0, 0.05) is 16.1 Å². The molecule has 0 aliphatic heterocycles. The molecule has 0 atom stereocenters. The fraction of sp³-hybridized carbons (Fsp3) is 0.222. The normalized spacial score (nSPS) is 10.3. The van der Waals surface area contributed by atoms with E-state index < -0.39 is 18.5 Å². The Morgan fingerprint density at radius 1 is 1.11 bits per heavy atom. The lowest BCUT2D eigenvalue weighted by atomic mass is 10.2. The molecule has 0 heterocycles. The molecular weight excluding hydrogens is 461 g/mol. The van der Waals surface area contributed by atoms with Crippen molar-refractivity contribution >= 4 is 56.7 Å². The average molecular weight is 477 g/mol. The lowest BCUT2D eigenvalue weighted by molar-refractivity contribution is -0.149. The lowest BCUT2D eigenvalue weighted by Crippen LogP contribution is -2.24. The molecule has 0 aliphatic rings. The Kier molecular flexibility index (Phi) is 7.77. The highest BCUT2D eigenvalue weighted by atomic mass is 79.9. The number of ether oxygens (including phenoxy) is 3. The number of rotatable bonds is 7. The highest BCUT2D eigenvalue weighted by Crippen LogP contribution is 2.31. The lowest BCUT2D eigenvalue weighted by Gasteiger charge is -2.12. The Morgan fingerprint density at radius 2 is 1.85 bits per heavy atom. The van der Waals surface area contributed by atoms with Gasteiger partial charge in [-0.1, -0.05) is 23.2 Å². The summed E-state index contributed by atoms with van der Waals surface area (Å²) >= 11 is 15.1. The average Bonchev–Trinajstić information content (AvgIpc) is 2.62. The van der Waals surface area contributed by atoms with Crippen molar-refractivity contribution in [2.75, 3.05) is 25.6 Å². The van der Waals surface area contributed by atoms with E-state index in [1.807, 2.05) is 0 Å². The molecule has 0 spiro atoms. The molecule has 144 valence electrons. The zero-order valence-electron chi connectivity index (χ0n) is 14.5. The van der Waals surface area contributed by atoms with Crippen molar-refractivity contribution < 1.29 is 23.8 Å². The second-order valence-corrected chi connectivity index (χ2v) is 7.07. The van der Waals surface area contributed by atoms with Crippen LogP contribution in [0.4, 0.5) is 5.69 Å². The van der Waals surface area contributed by atoms with Gasteiger partial charge in [0.25, 0.3) is 5.91 Å². The van der Waals surface area contributed by atoms with Gasteiger partial charge >= 0.3 is 5.97 Å². The van der Waals surface area contributed by atoms with Crippen LogP contribution in [0.15, 0.2) is 34.8 Å². The molecule has 9 heteroatoms. The quantitative estimate of drug-likeness (QED) is 0.589. The molecule has 0 radical (unpaired) electrons. The molecule has 0 aromatic heterocycles. The molecule has 27 heavy (non-hydrogen) atoms. The van der Waals surface area contributed by atoms with Gasteiger partial charge in [0.05, 0.1) is 17.3 Å². The first-order chi connectivity index (χ1) is 12.8. The number of nitrogens with one attached hydrogen (secondary N) is 1. The summed E-state index contributed by atoms with van der Waals surface area (Å²) in [6, 6.07) is 8.14. The Labute approximate surface area is 174 Å². The van der Waals surface area contributed by atoms with Gasteiger partial charge in [0.1, 0.15) is 11.5 Å². The van der Waals surface area contributed by atoms with Crippen molar-refractivity contribution in [3.8, 4) is 11.5 Å². The second kappa shape index (κ2) is 9.82. The minimum absolute atomic E-state index is 0.350. The second-order valence-electron chi connectivity index (χ2n) is 5.37. The van der Waals surface area contributed by atoms with Crippen molar-refractivity contribution in [2.24, 2.45) is 0 Å². The van der Waals surface area contributed by atoms with Crippen LogP contribution in [0.3, 0.4) is 0 Å². The SMILES string of the molecule is COc1cc(Cl)c(C)cc1NC(=O)COC(=O)COc1ccc(Cl)cc1Br. The van der Waals surface area contributed by atoms with Crippen LogP contribution in [-0.4, -0.2) is 32.2 Å². The first kappa shape index (κ1) is 21.3. The maximum Gasteiger partial charge on any atom is 0.344 e. The van der Waals surface area contributed by atoms with Crippen LogP contribution in [0, 0.1) is 6.92 Å². The van der Waals surface area contributed by atoms with E-state index in [0.717, 1.165) is 5.56 Å². The van der Waals surface area contributed by atoms with Crippen LogP contribution in [0.25, 0.3) is 0 Å². The molecule has 0 unspecified atom stereocenters. The van der Waals surface area contributed by atoms with Gasteiger partial charge in [0.15, 0.2) is 13.2 Å². The summed E-state index contributed by atoms with van der Waals surface area (Å²) in [6.45, 7) is 0.982. The molecule has 1 N–H and O–H groups in total. The zero-order chi connectivity index (χ0) is 20.0. The fourth-order valence-corrected chi connectivity index (χ4v) is 2.98. The third-order valence-corrected chi connectivity index (χ3v) is 4.62. The Hall–Kier alpha value is -1.96. The summed E-state index contributed by atoms with van der Waals surface area (Å²) in [5.74, 6) is -0.370. The van der Waals surface area contributed by atoms with E-state index >= 15 is 0 Å². The van der Waals surface area contributed by atoms with Crippen molar-refractivity contribution in [1.29, 1.82) is 0 Å². The van der Waals surface area contributed by atoms with Crippen LogP contribution < -0.4 is 14.8 Å². The van der Waals surface area contributed by atoms with Gasteiger partial charge in [-0.3, -0.25) is 4.79 Å². The number of hydrogen-bond acceptors (Lipinski definition) is 5. The van der Waals surface area contributed by atoms with Gasteiger partial charge < -0.3 is 19.5 Å². The van der Waals surface area contributed by atoms with Crippen LogP contribution in [-0.2, 0) is 14.3 Å². The van der Waals surface area contributed by atoms with Gasteiger partial charge in [-0.15, -0.1) is 0 Å². The van der Waals surface area contributed by atoms with Crippen molar-refractivity contribution in [3.63, 3.8) is 0 Å². The number of carbonyl (C=O) groups excluding carboxylic acids is 2. The van der Waals surface area contributed by atoms with Crippen molar-refractivity contribution in [2.45, 2.75) is 6.92 Å². The number of esters is 1. The van der Waals surface area contributed by atoms with E-state index in [2.05, 4.69) is 21.2 Å². The molecule has 0 aliphatic carbocycles. The van der Waals surface area contributed by atoms with Crippen molar-refractivity contribution in [3.05, 3.63) is 50.4 Å². The fourth-order valence-electron chi connectivity index (χ4n) is 2.03. The topological polar surface area (TPSA) is 73.9 Å². The number of aryl methyl sites for hydroxylation is 1. The highest BCUT2D eigenvalue weighted by Gasteiger charge is 2.13. The number of amides is 1. The summed E-state index contributed by atoms with van der Waals surface area (Å²) in [7, 11) is 1.46. The monoisotopic (exact) mass is 475 g/mol. The molecule has 0 bridgehead atoms. The number of methoxy groups -OCH3 is 1. The number of halogens is 3. The van der Waals surface area contributed by atoms with Crippen LogP contribution in [0.2, 0.25) is 10.0 Å². The van der Waals surface area contributed by atoms with E-state index in [-0.39, 0.29) is 6.61 Å². The summed E-state index contributed by atoms with van der Waals surface area (Å²) < 4.78 is 16.0. The standard InChI is InChI=1S/C18H16BrCl2NO5/c1-10-5-14(16(25-2)7-13(10)21)22-17(23)8-27-18(24)9-26-15-4-3-11(20)6-12(15)19/h3-7H,8-9H2,1-2H3,(H,22,23). The van der Waals surface area contributed by atoms with E-state index in [1.54, 1.807) is 37.3 Å². The maximum absolute atomic E-state index is 12.0. The Morgan fingerprint density at radius 3 is 2.52 bits per heavy atom. The summed E-state index contributed by atoms with van der Waals surface area (Å²) in [6.07, 6.45) is 0. The van der Waals surface area contributed by atoms with Gasteiger partial charge in [-0.05, 0) is 52.7 Å². The Bertz CT molecular complexity index is 860. The number of benzene rings is 2. The molecule has 2 rings (SSSR count). The number of anilines is 1. The first-order valence-corrected chi connectivity index (χ1v) is 9.22. The van der Waals surface area contributed by atoms with E-state index in [4.69, 9.17) is 37.4 Å². The van der Waals surface area contributed by atoms with Gasteiger partial charge in [-0.25, -0.2) is 4.79 Å². The summed E-state index contributed by atoms with van der Waals surface area (Å²) in [5, 5.41) is 3.66. The molecule has 6 nitrogen and oxygen atoms in total. The molecular formula is C18H16BrCl2NO5. The maximum atomic E-state index is 12.0. The van der Waals surface area contributed by atoms with Gasteiger partial charge in [0.2, 0.25) is 0 Å². The molecule has 2 aromatic carbocycles. The van der Waals surface area contributed by atoms with Gasteiger partial charge in [-0.2, -0.15) is 0 Å². The predicted molar refractivity (Wildman–Crippen MR) is 107 cm³/mol. The molecule has 2 aromatic rings. The van der Waals surface area contributed by atoms with Crippen molar-refractivity contribution in [1.82, 2.24) is 0 Å². The number of carbonyl (C=O) groups is 2. The smallest absolute Gasteiger partial charge is 0.344 e. The highest BCUT2D eigenvalue weighted by molar-refractivity contribution is 9.10. The van der Waals surface area contributed by atoms with Crippen LogP contribution >= 0.6 is 39.1 Å². The predicted octanol–water partition coefficient (Wildman–Crippen LogP) is 4.63. The zero-order valence-corrected chi connectivity index (χ0v) is 17.6. The minimum atomic E-state index is -0.689. The molecule has 0 fully saturated rings. The van der Waals surface area contributed by atoms with E-state index in [0.29, 0.717) is 31.7 Å². The summed E-state index contributed by atoms with van der Waals surface area (Å²) in [5.41, 5.74) is 1.20. The van der Waals surface area contributed by atoms with E-state index in [1.165, 1.54) is 7.11 Å². The molecule has 0 saturated heterocycles. The Balaban J connectivity index is 1.85. The molecule has 1 amide bonds. The van der Waals surface area contributed by atoms with Crippen LogP contribution in [0.5, 0.6) is 11.5 Å². The third-order valence-electron chi connectivity index (χ3n) is 3.36. The third kappa shape index (κ3) is 6.30. The first-order valence-electron chi connectivity index (χ1n) is 7.67. The van der Waals surface area contributed by atoms with Crippen LogP contribution in [0.1, 0.15) is 5.56 Å². The minimum Gasteiger partial charge on any atom is -0.495 e. The molecule has 0 saturated carbocycles. The van der Waals surface area contributed by atoms with E-state index in [9.17, 15) is 9.59 Å². The summed E-state index contributed by atoms with van der Waals surface area (Å²) in [4.78, 5) is 23.8. The largest absolute Gasteiger partial charge is 0.495 e. The number of hydrogen-bond donors (Lipinski definition) is 1.